The number of pyridine rings is 1. The number of anilines is 2. The smallest absolute Gasteiger partial charge is 0.231 e. The number of hydrogen-bond donors (Lipinski definition) is 2. The first-order chi connectivity index (χ1) is 14.7. The summed E-state index contributed by atoms with van der Waals surface area (Å²) in [5.41, 5.74) is 9.28. The van der Waals surface area contributed by atoms with Crippen LogP contribution in [-0.4, -0.2) is 60.0 Å². The molecule has 8 heteroatoms. The third kappa shape index (κ3) is 3.59. The second-order valence-corrected chi connectivity index (χ2v) is 7.97. The third-order valence-electron chi connectivity index (χ3n) is 5.99. The Bertz CT molecular complexity index is 1030. The van der Waals surface area contributed by atoms with Gasteiger partial charge in [0, 0.05) is 39.3 Å². The predicted molar refractivity (Wildman–Crippen MR) is 116 cm³/mol. The minimum atomic E-state index is 0.0159. The molecule has 0 spiro atoms. The summed E-state index contributed by atoms with van der Waals surface area (Å²) in [7, 11) is 0. The molecule has 2 aliphatic rings. The van der Waals surface area contributed by atoms with E-state index in [4.69, 9.17) is 10.2 Å². The highest BCUT2D eigenvalue weighted by Crippen LogP contribution is 2.32. The van der Waals surface area contributed by atoms with Gasteiger partial charge in [-0.15, -0.1) is 0 Å². The molecule has 1 aromatic carbocycles. The highest BCUT2D eigenvalue weighted by molar-refractivity contribution is 5.81. The van der Waals surface area contributed by atoms with Crippen molar-refractivity contribution < 1.29 is 9.21 Å². The summed E-state index contributed by atoms with van der Waals surface area (Å²) < 4.78 is 5.90. The molecule has 1 atom stereocenters. The SMILES string of the molecule is Nc1ncc(N2CCCC(C(=O)N3CCNCC3)C2)cc1-c1nc2ccccc2o1. The lowest BCUT2D eigenvalue weighted by Gasteiger charge is -2.37. The van der Waals surface area contributed by atoms with Crippen molar-refractivity contribution in [1.82, 2.24) is 20.2 Å². The maximum absolute atomic E-state index is 13.0. The molecular formula is C22H26N6O2. The fourth-order valence-corrected chi connectivity index (χ4v) is 4.35. The van der Waals surface area contributed by atoms with E-state index in [1.807, 2.05) is 35.2 Å². The third-order valence-corrected chi connectivity index (χ3v) is 5.99. The summed E-state index contributed by atoms with van der Waals surface area (Å²) in [6.07, 6.45) is 3.68. The normalized spacial score (nSPS) is 19.9. The largest absolute Gasteiger partial charge is 0.436 e. The van der Waals surface area contributed by atoms with Crippen LogP contribution in [-0.2, 0) is 4.79 Å². The summed E-state index contributed by atoms with van der Waals surface area (Å²) in [6.45, 7) is 4.92. The standard InChI is InChI=1S/C22H26N6O2/c23-20-17(21-26-18-5-1-2-6-19(18)30-21)12-16(13-25-20)28-9-3-4-15(14-28)22(29)27-10-7-24-8-11-27/h1-2,5-6,12-13,15,24H,3-4,7-11,14H2,(H2,23,25). The van der Waals surface area contributed by atoms with Crippen molar-refractivity contribution in [3.8, 4) is 11.5 Å². The molecule has 0 radical (unpaired) electrons. The number of para-hydroxylation sites is 2. The molecule has 4 heterocycles. The van der Waals surface area contributed by atoms with E-state index in [9.17, 15) is 4.79 Å². The Morgan fingerprint density at radius 1 is 1.20 bits per heavy atom. The molecule has 2 aromatic heterocycles. The van der Waals surface area contributed by atoms with E-state index >= 15 is 0 Å². The highest BCUT2D eigenvalue weighted by atomic mass is 16.3. The molecule has 2 aliphatic heterocycles. The van der Waals surface area contributed by atoms with E-state index in [2.05, 4.69) is 20.2 Å². The monoisotopic (exact) mass is 406 g/mol. The summed E-state index contributed by atoms with van der Waals surface area (Å²) in [6, 6.07) is 9.61. The van der Waals surface area contributed by atoms with Crippen LogP contribution in [0.3, 0.4) is 0 Å². The first kappa shape index (κ1) is 18.9. The summed E-state index contributed by atoms with van der Waals surface area (Å²) in [4.78, 5) is 26.2. The minimum absolute atomic E-state index is 0.0159. The molecule has 8 nitrogen and oxygen atoms in total. The minimum Gasteiger partial charge on any atom is -0.436 e. The summed E-state index contributed by atoms with van der Waals surface area (Å²) in [5, 5.41) is 3.30. The van der Waals surface area contributed by atoms with Gasteiger partial charge in [-0.1, -0.05) is 12.1 Å². The number of rotatable bonds is 3. The predicted octanol–water partition coefficient (Wildman–Crippen LogP) is 2.12. The Morgan fingerprint density at radius 3 is 2.87 bits per heavy atom. The van der Waals surface area contributed by atoms with E-state index in [-0.39, 0.29) is 11.8 Å². The lowest BCUT2D eigenvalue weighted by atomic mass is 9.95. The van der Waals surface area contributed by atoms with Gasteiger partial charge in [-0.05, 0) is 31.0 Å². The zero-order chi connectivity index (χ0) is 20.5. The van der Waals surface area contributed by atoms with E-state index in [0.29, 0.717) is 23.8 Å². The van der Waals surface area contributed by atoms with Gasteiger partial charge in [-0.3, -0.25) is 4.79 Å². The quantitative estimate of drug-likeness (QED) is 0.687. The molecule has 1 unspecified atom stereocenters. The fourth-order valence-electron chi connectivity index (χ4n) is 4.35. The summed E-state index contributed by atoms with van der Waals surface area (Å²) in [5.74, 6) is 1.13. The molecule has 0 aliphatic carbocycles. The molecule has 3 aromatic rings. The van der Waals surface area contributed by atoms with Crippen LogP contribution in [0.2, 0.25) is 0 Å². The lowest BCUT2D eigenvalue weighted by Crippen LogP contribution is -2.51. The van der Waals surface area contributed by atoms with Gasteiger partial charge in [0.15, 0.2) is 5.58 Å². The van der Waals surface area contributed by atoms with Crippen molar-refractivity contribution in [1.29, 1.82) is 0 Å². The molecule has 2 fully saturated rings. The van der Waals surface area contributed by atoms with E-state index < -0.39 is 0 Å². The number of nitrogens with one attached hydrogen (secondary N) is 1. The zero-order valence-corrected chi connectivity index (χ0v) is 16.9. The van der Waals surface area contributed by atoms with Gasteiger partial charge in [0.25, 0.3) is 0 Å². The first-order valence-electron chi connectivity index (χ1n) is 10.5. The Balaban J connectivity index is 1.38. The number of aromatic nitrogens is 2. The van der Waals surface area contributed by atoms with Gasteiger partial charge < -0.3 is 25.3 Å². The second-order valence-electron chi connectivity index (χ2n) is 7.97. The number of oxazole rings is 1. The van der Waals surface area contributed by atoms with Gasteiger partial charge in [0.05, 0.1) is 23.4 Å². The number of carbonyl (C=O) groups is 1. The number of hydrogen-bond acceptors (Lipinski definition) is 7. The van der Waals surface area contributed by atoms with Crippen molar-refractivity contribution in [2.45, 2.75) is 12.8 Å². The Kier molecular flexibility index (Phi) is 5.00. The topological polar surface area (TPSA) is 101 Å². The van der Waals surface area contributed by atoms with Gasteiger partial charge in [0.1, 0.15) is 11.3 Å². The molecule has 0 bridgehead atoms. The van der Waals surface area contributed by atoms with Gasteiger partial charge in [-0.2, -0.15) is 0 Å². The Labute approximate surface area is 175 Å². The van der Waals surface area contributed by atoms with Gasteiger partial charge in [0.2, 0.25) is 11.8 Å². The van der Waals surface area contributed by atoms with Crippen LogP contribution in [0.1, 0.15) is 12.8 Å². The van der Waals surface area contributed by atoms with Crippen LogP contribution in [0, 0.1) is 5.92 Å². The highest BCUT2D eigenvalue weighted by Gasteiger charge is 2.30. The molecule has 30 heavy (non-hydrogen) atoms. The van der Waals surface area contributed by atoms with Crippen molar-refractivity contribution in [2.24, 2.45) is 5.92 Å². The molecule has 156 valence electrons. The van der Waals surface area contributed by atoms with Gasteiger partial charge >= 0.3 is 0 Å². The van der Waals surface area contributed by atoms with Crippen LogP contribution in [0.4, 0.5) is 11.5 Å². The van der Waals surface area contributed by atoms with Crippen molar-refractivity contribution in [2.75, 3.05) is 49.9 Å². The molecule has 3 N–H and O–H groups in total. The molecule has 2 saturated heterocycles. The lowest BCUT2D eigenvalue weighted by molar-refractivity contribution is -0.136. The first-order valence-corrected chi connectivity index (χ1v) is 10.5. The van der Waals surface area contributed by atoms with Crippen molar-refractivity contribution in [3.05, 3.63) is 36.5 Å². The average molecular weight is 406 g/mol. The maximum atomic E-state index is 13.0. The number of fused-ring (bicyclic) bond motifs is 1. The fraction of sp³-hybridized carbons (Fsp3) is 0.409. The Morgan fingerprint density at radius 2 is 2.03 bits per heavy atom. The number of nitrogen functional groups attached to an aromatic ring is 1. The Hall–Kier alpha value is -3.13. The van der Waals surface area contributed by atoms with Crippen LogP contribution >= 0.6 is 0 Å². The number of nitrogens with zero attached hydrogens (tertiary/aromatic N) is 4. The van der Waals surface area contributed by atoms with Crippen molar-refractivity contribution >= 4 is 28.5 Å². The number of piperidine rings is 1. The number of nitrogens with two attached hydrogens (primary N) is 1. The van der Waals surface area contributed by atoms with Crippen molar-refractivity contribution in [3.63, 3.8) is 0 Å². The number of piperazine rings is 1. The van der Waals surface area contributed by atoms with Crippen LogP contribution < -0.4 is 16.0 Å². The zero-order valence-electron chi connectivity index (χ0n) is 16.9. The maximum Gasteiger partial charge on any atom is 0.231 e. The number of amides is 1. The van der Waals surface area contributed by atoms with E-state index in [1.165, 1.54) is 0 Å². The van der Waals surface area contributed by atoms with Crippen LogP contribution in [0.15, 0.2) is 40.9 Å². The summed E-state index contributed by atoms with van der Waals surface area (Å²) >= 11 is 0. The molecular weight excluding hydrogens is 380 g/mol. The van der Waals surface area contributed by atoms with E-state index in [0.717, 1.165) is 62.4 Å². The molecule has 1 amide bonds. The van der Waals surface area contributed by atoms with E-state index in [1.54, 1.807) is 6.20 Å². The van der Waals surface area contributed by atoms with Crippen LogP contribution in [0.5, 0.6) is 0 Å². The second kappa shape index (κ2) is 7.95. The van der Waals surface area contributed by atoms with Crippen LogP contribution in [0.25, 0.3) is 22.6 Å². The number of carbonyl (C=O) groups excluding carboxylic acids is 1. The average Bonchev–Trinajstić information content (AvgIpc) is 3.23. The number of benzene rings is 1. The molecule has 0 saturated carbocycles. The molecule has 5 rings (SSSR count). The van der Waals surface area contributed by atoms with Gasteiger partial charge in [-0.25, -0.2) is 9.97 Å².